The molecule has 0 spiro atoms. The van der Waals surface area contributed by atoms with Crippen LogP contribution in [0.5, 0.6) is 11.5 Å². The number of carboxylic acids is 2. The van der Waals surface area contributed by atoms with E-state index in [1.165, 1.54) is 74.2 Å². The number of amides is 9. The number of nitrogens with zero attached hydrogens (tertiary/aromatic N) is 2. The minimum atomic E-state index is -1.84. The van der Waals surface area contributed by atoms with E-state index in [4.69, 9.17) is 22.9 Å². The van der Waals surface area contributed by atoms with E-state index < -0.39 is 132 Å². The number of phenols is 2. The molecule has 0 unspecified atom stereocenters. The van der Waals surface area contributed by atoms with Gasteiger partial charge < -0.3 is 85.5 Å². The second-order valence-corrected chi connectivity index (χ2v) is 20.4. The Morgan fingerprint density at radius 3 is 1.54 bits per heavy atom. The number of benzene rings is 3. The number of nitrogens with two attached hydrogens (primary N) is 4. The molecule has 3 aromatic rings. The lowest BCUT2D eigenvalue weighted by atomic mass is 10.0. The quantitative estimate of drug-likeness (QED) is 0.0173. The smallest absolute Gasteiger partial charge is 0.326 e. The molecule has 1 aliphatic heterocycles. The number of aliphatic imine (C=N–C) groups is 1. The fraction of sp³-hybridized carbons (Fsp3) is 0.455. The Kier molecular flexibility index (Phi) is 25.7. The fourth-order valence-corrected chi connectivity index (χ4v) is 8.82. The van der Waals surface area contributed by atoms with E-state index >= 15 is 0 Å². The predicted molar refractivity (Wildman–Crippen MR) is 299 cm³/mol. The first kappa shape index (κ1) is 66.2. The summed E-state index contributed by atoms with van der Waals surface area (Å²) < 4.78 is 0. The van der Waals surface area contributed by atoms with Gasteiger partial charge in [0, 0.05) is 38.8 Å². The molecule has 0 aromatic heterocycles. The van der Waals surface area contributed by atoms with Crippen LogP contribution in [-0.2, 0) is 72.0 Å². The van der Waals surface area contributed by atoms with E-state index in [0.29, 0.717) is 23.1 Å². The summed E-state index contributed by atoms with van der Waals surface area (Å²) in [6, 6.07) is 6.78. The van der Waals surface area contributed by atoms with Gasteiger partial charge in [-0.15, -0.1) is 0 Å². The molecule has 9 atom stereocenters. The lowest BCUT2D eigenvalue weighted by Crippen LogP contribution is -2.60. The van der Waals surface area contributed by atoms with Crippen molar-refractivity contribution in [2.45, 2.75) is 139 Å². The number of aromatic hydroxyl groups is 2. The highest BCUT2D eigenvalue weighted by atomic mass is 16.4. The van der Waals surface area contributed by atoms with Crippen molar-refractivity contribution in [1.82, 2.24) is 42.1 Å². The maximum Gasteiger partial charge on any atom is 0.326 e. The summed E-state index contributed by atoms with van der Waals surface area (Å²) in [6.07, 6.45) is -1.36. The Morgan fingerprint density at radius 2 is 1.06 bits per heavy atom. The number of phenolic OH excluding ortho intramolecular Hbond substituents is 2. The van der Waals surface area contributed by atoms with Gasteiger partial charge in [-0.1, -0.05) is 68.4 Å². The third-order valence-corrected chi connectivity index (χ3v) is 13.4. The molecule has 4 rings (SSSR count). The second-order valence-electron chi connectivity index (χ2n) is 20.4. The minimum Gasteiger partial charge on any atom is -0.508 e. The average molecular weight is 1160 g/mol. The zero-order valence-electron chi connectivity index (χ0n) is 46.2. The summed E-state index contributed by atoms with van der Waals surface area (Å²) in [7, 11) is 0. The van der Waals surface area contributed by atoms with E-state index in [2.05, 4.69) is 42.2 Å². The lowest BCUT2D eigenvalue weighted by Gasteiger charge is -2.30. The molecule has 28 heteroatoms. The highest BCUT2D eigenvalue weighted by Crippen LogP contribution is 2.21. The number of aliphatic carboxylic acids is 2. The number of primary amides is 1. The molecule has 450 valence electrons. The molecular weight excluding hydrogens is 1080 g/mol. The highest BCUT2D eigenvalue weighted by molar-refractivity contribution is 5.99. The number of hydrogen-bond acceptors (Lipinski definition) is 15. The van der Waals surface area contributed by atoms with Crippen molar-refractivity contribution in [1.29, 1.82) is 0 Å². The molecule has 0 radical (unpaired) electrons. The monoisotopic (exact) mass is 1160 g/mol. The summed E-state index contributed by atoms with van der Waals surface area (Å²) in [6.45, 7) is 4.40. The van der Waals surface area contributed by atoms with Crippen LogP contribution in [0.1, 0.15) is 82.4 Å². The van der Waals surface area contributed by atoms with E-state index in [1.54, 1.807) is 30.3 Å². The van der Waals surface area contributed by atoms with E-state index in [-0.39, 0.29) is 81.9 Å². The van der Waals surface area contributed by atoms with Crippen molar-refractivity contribution < 1.29 is 73.2 Å². The average Bonchev–Trinajstić information content (AvgIpc) is 4.19. The third-order valence-electron chi connectivity index (χ3n) is 13.4. The molecule has 0 bridgehead atoms. The second kappa shape index (κ2) is 32.2. The van der Waals surface area contributed by atoms with Crippen LogP contribution in [0.15, 0.2) is 83.9 Å². The van der Waals surface area contributed by atoms with Crippen molar-refractivity contribution in [2.75, 3.05) is 13.1 Å². The maximum atomic E-state index is 14.6. The van der Waals surface area contributed by atoms with Gasteiger partial charge in [0.1, 0.15) is 59.8 Å². The van der Waals surface area contributed by atoms with Crippen molar-refractivity contribution in [3.63, 3.8) is 0 Å². The van der Waals surface area contributed by atoms with Crippen LogP contribution in [0.4, 0.5) is 0 Å². The molecule has 1 fully saturated rings. The molecule has 83 heavy (non-hydrogen) atoms. The largest absolute Gasteiger partial charge is 0.508 e. The Morgan fingerprint density at radius 1 is 0.590 bits per heavy atom. The molecule has 3 aromatic carbocycles. The fourth-order valence-electron chi connectivity index (χ4n) is 8.82. The van der Waals surface area contributed by atoms with Crippen LogP contribution in [-0.4, -0.2) is 164 Å². The number of nitrogens with one attached hydrogen (secondary N) is 7. The normalized spacial score (nSPS) is 15.7. The van der Waals surface area contributed by atoms with Crippen LogP contribution in [0, 0.1) is 5.92 Å². The first-order chi connectivity index (χ1) is 39.2. The van der Waals surface area contributed by atoms with E-state index in [0.717, 1.165) is 0 Å². The van der Waals surface area contributed by atoms with Gasteiger partial charge in [-0.25, -0.2) is 4.79 Å². The lowest BCUT2D eigenvalue weighted by molar-refractivity contribution is -0.144. The summed E-state index contributed by atoms with van der Waals surface area (Å²) in [4.78, 5) is 153. The Bertz CT molecular complexity index is 2800. The van der Waals surface area contributed by atoms with Crippen LogP contribution >= 0.6 is 0 Å². The molecule has 28 nitrogen and oxygen atoms in total. The number of hydrogen-bond donors (Lipinski definition) is 15. The predicted octanol–water partition coefficient (Wildman–Crippen LogP) is -2.61. The number of rotatable bonds is 32. The van der Waals surface area contributed by atoms with Crippen LogP contribution in [0.3, 0.4) is 0 Å². The highest BCUT2D eigenvalue weighted by Gasteiger charge is 2.40. The molecule has 0 saturated carbocycles. The zero-order valence-corrected chi connectivity index (χ0v) is 46.2. The molecule has 1 saturated heterocycles. The van der Waals surface area contributed by atoms with Crippen molar-refractivity contribution in [3.8, 4) is 11.5 Å². The van der Waals surface area contributed by atoms with Crippen LogP contribution in [0.25, 0.3) is 0 Å². The van der Waals surface area contributed by atoms with Crippen molar-refractivity contribution in [3.05, 3.63) is 95.6 Å². The Hall–Kier alpha value is -9.34. The molecule has 0 aliphatic carbocycles. The van der Waals surface area contributed by atoms with Crippen LogP contribution < -0.4 is 60.2 Å². The molecule has 1 aliphatic rings. The van der Waals surface area contributed by atoms with Gasteiger partial charge in [0.15, 0.2) is 5.96 Å². The SMILES string of the molecule is CC(C)[C@H](NC(=O)[C@H](CC(=O)O)NC(=O)[C@H](Cc1ccc(O)cc1)NC(=O)[C@H](Cc1ccc(O)cc1)NC(=O)[C@H](C)NC(=O)[C@@H]1CCCN1C(=O)[C@H](CCCN=C(N)N)NC(=O)[C@H](Cc1ccccc1)NC(=O)[C@@H](N)CCC(N)=O)C(=O)O. The van der Waals surface area contributed by atoms with E-state index in [1.807, 2.05) is 0 Å². The summed E-state index contributed by atoms with van der Waals surface area (Å²) in [5.41, 5.74) is 23.7. The van der Waals surface area contributed by atoms with Gasteiger partial charge >= 0.3 is 11.9 Å². The summed E-state index contributed by atoms with van der Waals surface area (Å²) in [5, 5.41) is 56.9. The third kappa shape index (κ3) is 21.9. The van der Waals surface area contributed by atoms with Gasteiger partial charge in [-0.3, -0.25) is 52.9 Å². The standard InChI is InChI=1S/C55H75N13O15/c1-29(2)45(54(82)83)67-51(79)41(28-44(72)73)66-50(78)40(27-33-15-19-35(70)20-16-33)65-49(77)38(26-32-13-17-34(69)18-14-32)63-46(74)30(3)61-52(80)42-12-8-24-68(42)53(81)37(11-7-23-60-55(58)59)62-48(76)39(25-31-9-5-4-6-10-31)64-47(75)36(56)21-22-43(57)71/h4-6,9-10,13-20,29-30,36-42,45,69-70H,7-8,11-12,21-28,56H2,1-3H3,(H2,57,71)(H,61,80)(H,62,76)(H,63,74)(H,64,75)(H,65,77)(H,66,78)(H,67,79)(H,72,73)(H,82,83)(H4,58,59,60)/t30-,36-,37-,38-,39-,40-,41-,42-,45-/m0/s1. The zero-order chi connectivity index (χ0) is 61.5. The van der Waals surface area contributed by atoms with Crippen molar-refractivity contribution in [2.24, 2.45) is 33.8 Å². The van der Waals surface area contributed by atoms with Crippen LogP contribution in [0.2, 0.25) is 0 Å². The van der Waals surface area contributed by atoms with Gasteiger partial charge in [-0.2, -0.15) is 0 Å². The Balaban J connectivity index is 1.58. The van der Waals surface area contributed by atoms with Gasteiger partial charge in [0.05, 0.1) is 12.5 Å². The summed E-state index contributed by atoms with van der Waals surface area (Å²) >= 11 is 0. The number of likely N-dealkylation sites (tertiary alicyclic amines) is 1. The topological polar surface area (TPSA) is 473 Å². The van der Waals surface area contributed by atoms with E-state index in [9.17, 15) is 73.2 Å². The van der Waals surface area contributed by atoms with Gasteiger partial charge in [0.25, 0.3) is 0 Å². The number of carboxylic acid groups (broad SMARTS) is 2. The minimum absolute atomic E-state index is 0.0383. The maximum absolute atomic E-state index is 14.6. The van der Waals surface area contributed by atoms with Gasteiger partial charge in [0.2, 0.25) is 53.2 Å². The Labute approximate surface area is 478 Å². The number of carbonyl (C=O) groups is 11. The molecule has 9 amide bonds. The molecular formula is C55H75N13O15. The first-order valence-corrected chi connectivity index (χ1v) is 26.8. The number of carbonyl (C=O) groups excluding carboxylic acids is 9. The first-order valence-electron chi connectivity index (χ1n) is 26.8. The summed E-state index contributed by atoms with van der Waals surface area (Å²) in [5.74, 6) is -11.9. The molecule has 1 heterocycles. The van der Waals surface area contributed by atoms with Gasteiger partial charge in [-0.05, 0) is 85.9 Å². The van der Waals surface area contributed by atoms with Crippen molar-refractivity contribution >= 4 is 71.1 Å². The molecule has 19 N–H and O–H groups in total. The number of guanidine groups is 1.